The fourth-order valence-corrected chi connectivity index (χ4v) is 3.86. The molecule has 2 aromatic heterocycles. The highest BCUT2D eigenvalue weighted by Crippen LogP contribution is 2.23. The second kappa shape index (κ2) is 7.72. The van der Waals surface area contributed by atoms with Crippen LogP contribution < -0.4 is 5.14 Å². The maximum atomic E-state index is 11.3. The number of nitrogens with two attached hydrogens (primary N) is 1. The van der Waals surface area contributed by atoms with Crippen molar-refractivity contribution in [3.05, 3.63) is 57.7 Å². The summed E-state index contributed by atoms with van der Waals surface area (Å²) in [4.78, 5) is 5.58. The van der Waals surface area contributed by atoms with Gasteiger partial charge < -0.3 is 5.11 Å². The normalized spacial score (nSPS) is 14.0. The average molecular weight is 443 g/mol. The minimum Gasteiger partial charge on any atom is -0.383 e. The van der Waals surface area contributed by atoms with Crippen molar-refractivity contribution < 1.29 is 13.5 Å². The zero-order chi connectivity index (χ0) is 20.5. The van der Waals surface area contributed by atoms with Gasteiger partial charge in [0.2, 0.25) is 15.8 Å². The van der Waals surface area contributed by atoms with Crippen LogP contribution in [-0.2, 0) is 22.2 Å². The monoisotopic (exact) mass is 442 g/mol. The first-order valence-corrected chi connectivity index (χ1v) is 10.4. The Hall–Kier alpha value is -2.11. The molecule has 0 fully saturated rings. The molecule has 0 aliphatic carbocycles. The van der Waals surface area contributed by atoms with E-state index in [1.165, 1.54) is 17.8 Å². The number of aliphatic hydroxyl groups is 1. The Morgan fingerprint density at radius 1 is 1.25 bits per heavy atom. The number of pyridine rings is 1. The van der Waals surface area contributed by atoms with E-state index >= 15 is 0 Å². The molecule has 2 heterocycles. The molecule has 0 amide bonds. The highest BCUT2D eigenvalue weighted by atomic mass is 35.5. The average Bonchev–Trinajstić information content (AvgIpc) is 3.05. The molecule has 0 bridgehead atoms. The van der Waals surface area contributed by atoms with Crippen LogP contribution in [0.5, 0.6) is 0 Å². The lowest BCUT2D eigenvalue weighted by molar-refractivity contribution is 0.0773. The van der Waals surface area contributed by atoms with Gasteiger partial charge in [0.25, 0.3) is 0 Å². The third kappa shape index (κ3) is 5.03. The van der Waals surface area contributed by atoms with E-state index in [0.29, 0.717) is 15.7 Å². The number of hydrogen-bond acceptors (Lipinski definition) is 7. The van der Waals surface area contributed by atoms with Crippen molar-refractivity contribution in [1.29, 1.82) is 0 Å². The Balaban J connectivity index is 1.87. The van der Waals surface area contributed by atoms with Gasteiger partial charge in [-0.05, 0) is 48.0 Å². The van der Waals surface area contributed by atoms with Crippen LogP contribution in [0.1, 0.15) is 18.2 Å². The van der Waals surface area contributed by atoms with E-state index in [1.54, 1.807) is 30.3 Å². The van der Waals surface area contributed by atoms with Crippen LogP contribution >= 0.6 is 23.2 Å². The lowest BCUT2D eigenvalue weighted by atomic mass is 10.0. The van der Waals surface area contributed by atoms with Crippen LogP contribution in [0.3, 0.4) is 0 Å². The van der Waals surface area contributed by atoms with Crippen molar-refractivity contribution in [3.8, 4) is 11.5 Å². The molecule has 1 unspecified atom stereocenters. The molecule has 0 saturated heterocycles. The standard InChI is InChI=1S/C16H16Cl2N6O3S/c1-16(25,9-28(19,26)27)14-4-2-3-13(20-14)15-21-23-24(22-15)8-10-7-11(17)5-6-12(10)18/h2-7,25H,8-9H2,1H3,(H2,19,26,27). The summed E-state index contributed by atoms with van der Waals surface area (Å²) >= 11 is 12.1. The van der Waals surface area contributed by atoms with Gasteiger partial charge in [-0.2, -0.15) is 4.80 Å². The van der Waals surface area contributed by atoms with E-state index in [-0.39, 0.29) is 18.1 Å². The summed E-state index contributed by atoms with van der Waals surface area (Å²) in [6.45, 7) is 1.56. The summed E-state index contributed by atoms with van der Waals surface area (Å²) in [6, 6.07) is 9.77. The molecule has 9 nitrogen and oxygen atoms in total. The molecule has 1 aromatic carbocycles. The quantitative estimate of drug-likeness (QED) is 0.590. The topological polar surface area (TPSA) is 137 Å². The first-order chi connectivity index (χ1) is 13.0. The molecule has 28 heavy (non-hydrogen) atoms. The van der Waals surface area contributed by atoms with Gasteiger partial charge in [0.1, 0.15) is 11.3 Å². The Labute approximate surface area is 171 Å². The molecule has 0 saturated carbocycles. The highest BCUT2D eigenvalue weighted by Gasteiger charge is 2.30. The molecule has 3 rings (SSSR count). The summed E-state index contributed by atoms with van der Waals surface area (Å²) < 4.78 is 22.7. The van der Waals surface area contributed by atoms with Crippen LogP contribution in [0.4, 0.5) is 0 Å². The fourth-order valence-electron chi connectivity index (χ4n) is 2.55. The molecule has 3 aromatic rings. The van der Waals surface area contributed by atoms with Crippen molar-refractivity contribution in [2.24, 2.45) is 5.14 Å². The Morgan fingerprint density at radius 2 is 2.00 bits per heavy atom. The third-order valence-electron chi connectivity index (χ3n) is 3.78. The highest BCUT2D eigenvalue weighted by molar-refractivity contribution is 7.89. The molecule has 148 valence electrons. The fraction of sp³-hybridized carbons (Fsp3) is 0.250. The number of sulfonamides is 1. The number of halogens is 2. The number of nitrogens with zero attached hydrogens (tertiary/aromatic N) is 5. The SMILES string of the molecule is CC(O)(CS(N)(=O)=O)c1cccc(-c2nnn(Cc3cc(Cl)ccc3Cl)n2)n1. The minimum atomic E-state index is -3.91. The second-order valence-corrected chi connectivity index (χ2v) is 8.83. The maximum absolute atomic E-state index is 11.3. The van der Waals surface area contributed by atoms with Gasteiger partial charge in [-0.15, -0.1) is 10.2 Å². The van der Waals surface area contributed by atoms with Crippen LogP contribution in [0.25, 0.3) is 11.5 Å². The van der Waals surface area contributed by atoms with Crippen molar-refractivity contribution in [2.75, 3.05) is 5.75 Å². The number of rotatable bonds is 6. The zero-order valence-corrected chi connectivity index (χ0v) is 16.9. The second-order valence-electron chi connectivity index (χ2n) is 6.37. The van der Waals surface area contributed by atoms with E-state index in [2.05, 4.69) is 20.4 Å². The van der Waals surface area contributed by atoms with Crippen LogP contribution in [0.15, 0.2) is 36.4 Å². The number of primary sulfonamides is 1. The first-order valence-electron chi connectivity index (χ1n) is 7.96. The molecule has 0 radical (unpaired) electrons. The predicted molar refractivity (Wildman–Crippen MR) is 104 cm³/mol. The molecule has 0 aliphatic rings. The van der Waals surface area contributed by atoms with Gasteiger partial charge >= 0.3 is 0 Å². The van der Waals surface area contributed by atoms with E-state index in [9.17, 15) is 13.5 Å². The van der Waals surface area contributed by atoms with Crippen LogP contribution in [-0.4, -0.2) is 44.5 Å². The van der Waals surface area contributed by atoms with E-state index in [0.717, 1.165) is 5.56 Å². The number of benzene rings is 1. The van der Waals surface area contributed by atoms with Gasteiger partial charge in [0.05, 0.1) is 18.0 Å². The van der Waals surface area contributed by atoms with Crippen molar-refractivity contribution in [3.63, 3.8) is 0 Å². The number of hydrogen-bond donors (Lipinski definition) is 2. The van der Waals surface area contributed by atoms with E-state index < -0.39 is 21.4 Å². The van der Waals surface area contributed by atoms with Gasteiger partial charge in [-0.25, -0.2) is 18.5 Å². The van der Waals surface area contributed by atoms with Crippen LogP contribution in [0, 0.1) is 0 Å². The van der Waals surface area contributed by atoms with Crippen molar-refractivity contribution >= 4 is 33.2 Å². The third-order valence-corrected chi connectivity index (χ3v) is 5.35. The molecular weight excluding hydrogens is 427 g/mol. The minimum absolute atomic E-state index is 0.119. The van der Waals surface area contributed by atoms with Gasteiger partial charge in [-0.1, -0.05) is 29.3 Å². The van der Waals surface area contributed by atoms with Crippen molar-refractivity contribution in [1.82, 2.24) is 25.2 Å². The van der Waals surface area contributed by atoms with Crippen LogP contribution in [0.2, 0.25) is 10.0 Å². The molecule has 1 atom stereocenters. The summed E-state index contributed by atoms with van der Waals surface area (Å²) in [5, 5.41) is 28.7. The van der Waals surface area contributed by atoms with Gasteiger partial charge in [0, 0.05) is 10.0 Å². The van der Waals surface area contributed by atoms with Crippen molar-refractivity contribution in [2.45, 2.75) is 19.1 Å². The molecule has 3 N–H and O–H groups in total. The molecule has 0 spiro atoms. The van der Waals surface area contributed by atoms with E-state index in [4.69, 9.17) is 28.3 Å². The molecule has 12 heteroatoms. The van der Waals surface area contributed by atoms with E-state index in [1.807, 2.05) is 0 Å². The molecule has 0 aliphatic heterocycles. The lowest BCUT2D eigenvalue weighted by Crippen LogP contribution is -2.35. The first kappa shape index (κ1) is 20.6. The maximum Gasteiger partial charge on any atom is 0.223 e. The summed E-state index contributed by atoms with van der Waals surface area (Å²) in [6.07, 6.45) is 0. The van der Waals surface area contributed by atoms with Gasteiger partial charge in [-0.3, -0.25) is 0 Å². The molecular formula is C16H16Cl2N6O3S. The Kier molecular flexibility index (Phi) is 5.69. The lowest BCUT2D eigenvalue weighted by Gasteiger charge is -2.21. The predicted octanol–water partition coefficient (Wildman–Crippen LogP) is 1.59. The van der Waals surface area contributed by atoms with Gasteiger partial charge in [0.15, 0.2) is 0 Å². The zero-order valence-electron chi connectivity index (χ0n) is 14.6. The Morgan fingerprint density at radius 3 is 2.71 bits per heavy atom. The number of tetrazole rings is 1. The largest absolute Gasteiger partial charge is 0.383 e. The number of aromatic nitrogens is 5. The Bertz CT molecular complexity index is 1120. The summed E-state index contributed by atoms with van der Waals surface area (Å²) in [5.74, 6) is -0.476. The smallest absolute Gasteiger partial charge is 0.223 e. The summed E-state index contributed by atoms with van der Waals surface area (Å²) in [5.41, 5.74) is -0.617. The summed E-state index contributed by atoms with van der Waals surface area (Å²) in [7, 11) is -3.91.